The Labute approximate surface area is 99.5 Å². The van der Waals surface area contributed by atoms with Crippen LogP contribution in [0.15, 0.2) is 60.7 Å². The Morgan fingerprint density at radius 1 is 0.733 bits per heavy atom. The normalized spacial score (nSPS) is 10.5. The zero-order valence-corrected chi connectivity index (χ0v) is 9.92. The molecule has 15 heavy (non-hydrogen) atoms. The van der Waals surface area contributed by atoms with E-state index in [0.29, 0.717) is 5.25 Å². The number of hydrogen-bond donors (Lipinski definition) is 1. The highest BCUT2D eigenvalue weighted by molar-refractivity contribution is 8.68. The third kappa shape index (κ3) is 2.58. The second kappa shape index (κ2) is 5.29. The van der Waals surface area contributed by atoms with Gasteiger partial charge in [-0.25, -0.2) is 0 Å². The van der Waals surface area contributed by atoms with Gasteiger partial charge < -0.3 is 0 Å². The van der Waals surface area contributed by atoms with Crippen molar-refractivity contribution in [3.63, 3.8) is 0 Å². The molecule has 0 radical (unpaired) electrons. The monoisotopic (exact) mass is 232 g/mol. The molecule has 2 heteroatoms. The molecule has 2 rings (SSSR count). The van der Waals surface area contributed by atoms with Gasteiger partial charge in [0, 0.05) is 0 Å². The SMILES string of the molecule is SSC(c1ccccc1)c1ccccc1. The molecule has 0 amide bonds. The Bertz CT molecular complexity index is 358. The fraction of sp³-hybridized carbons (Fsp3) is 0.0769. The predicted octanol–water partition coefficient (Wildman–Crippen LogP) is 4.35. The van der Waals surface area contributed by atoms with Gasteiger partial charge in [0.1, 0.15) is 0 Å². The molecule has 0 heterocycles. The summed E-state index contributed by atoms with van der Waals surface area (Å²) in [7, 11) is 1.57. The van der Waals surface area contributed by atoms with Gasteiger partial charge in [-0.05, 0) is 11.1 Å². The Morgan fingerprint density at radius 2 is 1.13 bits per heavy atom. The van der Waals surface area contributed by atoms with Gasteiger partial charge in [-0.2, -0.15) is 0 Å². The Morgan fingerprint density at radius 3 is 1.47 bits per heavy atom. The standard InChI is InChI=1S/C13H12S2/c14-15-13(11-7-3-1-4-8-11)12-9-5-2-6-10-12/h1-10,13-14H. The van der Waals surface area contributed by atoms with Crippen LogP contribution in [-0.2, 0) is 0 Å². The summed E-state index contributed by atoms with van der Waals surface area (Å²) in [6, 6.07) is 20.9. The lowest BCUT2D eigenvalue weighted by atomic mass is 10.0. The summed E-state index contributed by atoms with van der Waals surface area (Å²) in [4.78, 5) is 0. The Hall–Kier alpha value is -0.860. The fourth-order valence-electron chi connectivity index (χ4n) is 1.57. The maximum Gasteiger partial charge on any atom is 0.0648 e. The molecular weight excluding hydrogens is 220 g/mol. The molecule has 0 bridgehead atoms. The Balaban J connectivity index is 2.34. The van der Waals surface area contributed by atoms with Crippen LogP contribution < -0.4 is 0 Å². The van der Waals surface area contributed by atoms with Crippen LogP contribution in [0.25, 0.3) is 0 Å². The third-order valence-electron chi connectivity index (χ3n) is 2.31. The van der Waals surface area contributed by atoms with Gasteiger partial charge in [0.05, 0.1) is 5.25 Å². The van der Waals surface area contributed by atoms with E-state index in [9.17, 15) is 0 Å². The van der Waals surface area contributed by atoms with Crippen molar-refractivity contribution < 1.29 is 0 Å². The van der Waals surface area contributed by atoms with E-state index in [1.54, 1.807) is 10.8 Å². The lowest BCUT2D eigenvalue weighted by Gasteiger charge is -2.14. The lowest BCUT2D eigenvalue weighted by Crippen LogP contribution is -1.93. The first-order valence-electron chi connectivity index (χ1n) is 4.82. The summed E-state index contributed by atoms with van der Waals surface area (Å²) in [5.74, 6) is 0. The van der Waals surface area contributed by atoms with Crippen LogP contribution >= 0.6 is 22.5 Å². The average molecular weight is 232 g/mol. The molecule has 0 saturated carbocycles. The second-order valence-corrected chi connectivity index (χ2v) is 4.62. The molecule has 0 N–H and O–H groups in total. The molecule has 0 nitrogen and oxygen atoms in total. The van der Waals surface area contributed by atoms with Crippen LogP contribution in [0.3, 0.4) is 0 Å². The van der Waals surface area contributed by atoms with Gasteiger partial charge in [-0.15, -0.1) is 11.7 Å². The second-order valence-electron chi connectivity index (χ2n) is 3.31. The minimum atomic E-state index is 0.315. The van der Waals surface area contributed by atoms with E-state index in [2.05, 4.69) is 60.2 Å². The minimum absolute atomic E-state index is 0.315. The van der Waals surface area contributed by atoms with Crippen molar-refractivity contribution in [2.45, 2.75) is 5.25 Å². The number of hydrogen-bond acceptors (Lipinski definition) is 2. The van der Waals surface area contributed by atoms with Crippen molar-refractivity contribution in [3.8, 4) is 0 Å². The first kappa shape index (κ1) is 10.7. The third-order valence-corrected chi connectivity index (χ3v) is 3.70. The highest BCUT2D eigenvalue weighted by Gasteiger charge is 2.11. The van der Waals surface area contributed by atoms with Crippen LogP contribution in [0.5, 0.6) is 0 Å². The van der Waals surface area contributed by atoms with Crippen LogP contribution in [0, 0.1) is 0 Å². The summed E-state index contributed by atoms with van der Waals surface area (Å²) < 4.78 is 0. The zero-order chi connectivity index (χ0) is 10.5. The molecule has 0 aliphatic carbocycles. The van der Waals surface area contributed by atoms with Gasteiger partial charge in [-0.3, -0.25) is 0 Å². The van der Waals surface area contributed by atoms with Crippen LogP contribution in [0.4, 0.5) is 0 Å². The van der Waals surface area contributed by atoms with E-state index in [1.165, 1.54) is 11.1 Å². The molecule has 2 aromatic carbocycles. The molecule has 0 spiro atoms. The number of benzene rings is 2. The predicted molar refractivity (Wildman–Crippen MR) is 71.3 cm³/mol. The topological polar surface area (TPSA) is 0 Å². The van der Waals surface area contributed by atoms with Crippen molar-refractivity contribution in [2.24, 2.45) is 0 Å². The first-order valence-corrected chi connectivity index (χ1v) is 6.75. The summed E-state index contributed by atoms with van der Waals surface area (Å²) in [5.41, 5.74) is 2.59. The van der Waals surface area contributed by atoms with Gasteiger partial charge in [-0.1, -0.05) is 71.5 Å². The van der Waals surface area contributed by atoms with Crippen molar-refractivity contribution in [1.82, 2.24) is 0 Å². The summed E-state index contributed by atoms with van der Waals surface area (Å²) in [5, 5.41) is 0.315. The highest BCUT2D eigenvalue weighted by Crippen LogP contribution is 2.37. The molecular formula is C13H12S2. The van der Waals surface area contributed by atoms with Crippen LogP contribution in [0.2, 0.25) is 0 Å². The van der Waals surface area contributed by atoms with Crippen LogP contribution in [-0.4, -0.2) is 0 Å². The smallest absolute Gasteiger partial charge is 0.0648 e. The lowest BCUT2D eigenvalue weighted by molar-refractivity contribution is 1.17. The van der Waals surface area contributed by atoms with Crippen molar-refractivity contribution in [2.75, 3.05) is 0 Å². The highest BCUT2D eigenvalue weighted by atomic mass is 33.1. The molecule has 0 aromatic heterocycles. The maximum absolute atomic E-state index is 4.36. The molecule has 2 aromatic rings. The summed E-state index contributed by atoms with van der Waals surface area (Å²) in [6.07, 6.45) is 0. The van der Waals surface area contributed by atoms with Crippen LogP contribution in [0.1, 0.15) is 16.4 Å². The molecule has 76 valence electrons. The van der Waals surface area contributed by atoms with Gasteiger partial charge >= 0.3 is 0 Å². The Kier molecular flexibility index (Phi) is 3.75. The van der Waals surface area contributed by atoms with Gasteiger partial charge in [0.2, 0.25) is 0 Å². The summed E-state index contributed by atoms with van der Waals surface area (Å²) >= 11 is 4.36. The largest absolute Gasteiger partial charge is 0.110 e. The zero-order valence-electron chi connectivity index (χ0n) is 8.21. The average Bonchev–Trinajstić information content (AvgIpc) is 2.33. The molecule has 0 aliphatic heterocycles. The van der Waals surface area contributed by atoms with E-state index < -0.39 is 0 Å². The van der Waals surface area contributed by atoms with E-state index in [4.69, 9.17) is 0 Å². The van der Waals surface area contributed by atoms with E-state index in [-0.39, 0.29) is 0 Å². The molecule has 0 unspecified atom stereocenters. The van der Waals surface area contributed by atoms with Crippen molar-refractivity contribution >= 4 is 22.5 Å². The van der Waals surface area contributed by atoms with E-state index >= 15 is 0 Å². The molecule has 0 saturated heterocycles. The minimum Gasteiger partial charge on any atom is -0.110 e. The van der Waals surface area contributed by atoms with Gasteiger partial charge in [0.25, 0.3) is 0 Å². The maximum atomic E-state index is 4.36. The fourth-order valence-corrected chi connectivity index (χ4v) is 2.86. The van der Waals surface area contributed by atoms with E-state index in [0.717, 1.165) is 0 Å². The molecule has 0 aliphatic rings. The van der Waals surface area contributed by atoms with E-state index in [1.807, 2.05) is 12.1 Å². The first-order chi connectivity index (χ1) is 7.42. The summed E-state index contributed by atoms with van der Waals surface area (Å²) in [6.45, 7) is 0. The quantitative estimate of drug-likeness (QED) is 0.606. The number of rotatable bonds is 3. The molecule has 0 fully saturated rings. The number of thiol groups is 1. The van der Waals surface area contributed by atoms with Crippen molar-refractivity contribution in [3.05, 3.63) is 71.8 Å². The molecule has 0 atom stereocenters. The van der Waals surface area contributed by atoms with Gasteiger partial charge in [0.15, 0.2) is 0 Å². The van der Waals surface area contributed by atoms with Crippen molar-refractivity contribution in [1.29, 1.82) is 0 Å².